The van der Waals surface area contributed by atoms with Gasteiger partial charge in [-0.25, -0.2) is 14.4 Å². The molecular formula is C12H11FN4O2. The number of halogens is 1. The molecule has 0 aliphatic heterocycles. The van der Waals surface area contributed by atoms with Gasteiger partial charge >= 0.3 is 5.69 Å². The van der Waals surface area contributed by atoms with E-state index in [0.717, 1.165) is 12.4 Å². The van der Waals surface area contributed by atoms with Gasteiger partial charge in [-0.15, -0.1) is 0 Å². The van der Waals surface area contributed by atoms with E-state index in [0.29, 0.717) is 18.5 Å². The number of nitrogens with one attached hydrogen (secondary N) is 1. The Hall–Kier alpha value is -2.57. The molecule has 0 radical (unpaired) electrons. The quantitative estimate of drug-likeness (QED) is 0.659. The van der Waals surface area contributed by atoms with Gasteiger partial charge in [-0.05, 0) is 18.1 Å². The fraction of sp³-hybridized carbons (Fsp3) is 0.167. The van der Waals surface area contributed by atoms with Crippen LogP contribution in [0.1, 0.15) is 5.56 Å². The van der Waals surface area contributed by atoms with E-state index < -0.39 is 4.92 Å². The number of anilines is 1. The van der Waals surface area contributed by atoms with Crippen molar-refractivity contribution in [3.8, 4) is 0 Å². The smallest absolute Gasteiger partial charge is 0.305 e. The van der Waals surface area contributed by atoms with Gasteiger partial charge < -0.3 is 5.32 Å². The molecule has 0 saturated carbocycles. The van der Waals surface area contributed by atoms with Crippen LogP contribution in [0.3, 0.4) is 0 Å². The summed E-state index contributed by atoms with van der Waals surface area (Å²) in [5.74, 6) is 0.0239. The lowest BCUT2D eigenvalue weighted by Crippen LogP contribution is -2.08. The first-order valence-electron chi connectivity index (χ1n) is 5.60. The fourth-order valence-corrected chi connectivity index (χ4v) is 1.52. The van der Waals surface area contributed by atoms with Crippen LogP contribution in [-0.4, -0.2) is 21.4 Å². The van der Waals surface area contributed by atoms with Gasteiger partial charge in [0, 0.05) is 6.54 Å². The molecule has 19 heavy (non-hydrogen) atoms. The van der Waals surface area contributed by atoms with Crippen molar-refractivity contribution in [3.05, 3.63) is 58.2 Å². The van der Waals surface area contributed by atoms with Crippen LogP contribution in [0.25, 0.3) is 0 Å². The van der Waals surface area contributed by atoms with Crippen LogP contribution in [0.15, 0.2) is 36.7 Å². The molecule has 0 aliphatic carbocycles. The van der Waals surface area contributed by atoms with Crippen LogP contribution in [0.5, 0.6) is 0 Å². The van der Waals surface area contributed by atoms with Gasteiger partial charge in [-0.2, -0.15) is 0 Å². The average Bonchev–Trinajstić information content (AvgIpc) is 2.41. The van der Waals surface area contributed by atoms with Crippen molar-refractivity contribution >= 4 is 11.6 Å². The normalized spacial score (nSPS) is 10.2. The van der Waals surface area contributed by atoms with Crippen LogP contribution in [0.2, 0.25) is 0 Å². The van der Waals surface area contributed by atoms with Gasteiger partial charge in [-0.1, -0.05) is 18.2 Å². The highest BCUT2D eigenvalue weighted by Crippen LogP contribution is 2.09. The van der Waals surface area contributed by atoms with Gasteiger partial charge in [0.25, 0.3) is 0 Å². The SMILES string of the molecule is O=[N+]([O-])c1cnc(NCCc2ccccc2F)nc1. The topological polar surface area (TPSA) is 81.0 Å². The molecule has 0 atom stereocenters. The highest BCUT2D eigenvalue weighted by Gasteiger charge is 2.06. The van der Waals surface area contributed by atoms with Gasteiger partial charge in [0.05, 0.1) is 4.92 Å². The molecule has 2 rings (SSSR count). The maximum atomic E-state index is 13.3. The third kappa shape index (κ3) is 3.44. The minimum Gasteiger partial charge on any atom is -0.354 e. The standard InChI is InChI=1S/C12H11FN4O2/c13-11-4-2-1-3-9(11)5-6-14-12-15-7-10(8-16-12)17(18)19/h1-4,7-8H,5-6H2,(H,14,15,16). The van der Waals surface area contributed by atoms with Crippen molar-refractivity contribution in [3.63, 3.8) is 0 Å². The average molecular weight is 262 g/mol. The molecule has 1 aromatic heterocycles. The highest BCUT2D eigenvalue weighted by molar-refractivity contribution is 5.31. The lowest BCUT2D eigenvalue weighted by atomic mass is 10.1. The first-order chi connectivity index (χ1) is 9.16. The third-order valence-electron chi connectivity index (χ3n) is 2.48. The van der Waals surface area contributed by atoms with Crippen molar-refractivity contribution in [2.24, 2.45) is 0 Å². The minimum absolute atomic E-state index is 0.167. The Labute approximate surface area is 108 Å². The van der Waals surface area contributed by atoms with E-state index in [2.05, 4.69) is 15.3 Å². The number of nitro groups is 1. The Morgan fingerprint density at radius 1 is 1.26 bits per heavy atom. The molecule has 2 aromatic rings. The van der Waals surface area contributed by atoms with Crippen LogP contribution in [-0.2, 0) is 6.42 Å². The molecule has 0 unspecified atom stereocenters. The molecular weight excluding hydrogens is 251 g/mol. The lowest BCUT2D eigenvalue weighted by Gasteiger charge is -2.05. The molecule has 0 bridgehead atoms. The van der Waals surface area contributed by atoms with E-state index in [1.165, 1.54) is 6.07 Å². The molecule has 6 nitrogen and oxygen atoms in total. The van der Waals surface area contributed by atoms with Gasteiger partial charge in [0.15, 0.2) is 0 Å². The Bertz CT molecular complexity index is 574. The fourth-order valence-electron chi connectivity index (χ4n) is 1.52. The van der Waals surface area contributed by atoms with Crippen LogP contribution in [0.4, 0.5) is 16.0 Å². The van der Waals surface area contributed by atoms with Crippen molar-refractivity contribution in [1.29, 1.82) is 0 Å². The predicted molar refractivity (Wildman–Crippen MR) is 67.3 cm³/mol. The molecule has 7 heteroatoms. The summed E-state index contributed by atoms with van der Waals surface area (Å²) in [6.45, 7) is 0.443. The van der Waals surface area contributed by atoms with E-state index in [9.17, 15) is 14.5 Å². The summed E-state index contributed by atoms with van der Waals surface area (Å²) in [5.41, 5.74) is 0.427. The van der Waals surface area contributed by atoms with E-state index in [1.807, 2.05) is 0 Å². The zero-order valence-corrected chi connectivity index (χ0v) is 9.91. The summed E-state index contributed by atoms with van der Waals surface area (Å²) in [7, 11) is 0. The predicted octanol–water partition coefficient (Wildman–Crippen LogP) is 2.18. The van der Waals surface area contributed by atoms with E-state index in [-0.39, 0.29) is 17.5 Å². The van der Waals surface area contributed by atoms with Crippen molar-refractivity contribution in [1.82, 2.24) is 9.97 Å². The number of rotatable bonds is 5. The summed E-state index contributed by atoms with van der Waals surface area (Å²) >= 11 is 0. The second-order valence-corrected chi connectivity index (χ2v) is 3.79. The zero-order chi connectivity index (χ0) is 13.7. The minimum atomic E-state index is -0.566. The molecule has 0 aliphatic rings. The van der Waals surface area contributed by atoms with Gasteiger partial charge in [0.2, 0.25) is 5.95 Å². The van der Waals surface area contributed by atoms with Crippen molar-refractivity contribution in [2.75, 3.05) is 11.9 Å². The molecule has 98 valence electrons. The number of hydrogen-bond acceptors (Lipinski definition) is 5. The number of benzene rings is 1. The second kappa shape index (κ2) is 5.85. The Balaban J connectivity index is 1.89. The molecule has 1 aromatic carbocycles. The maximum Gasteiger partial charge on any atom is 0.305 e. The van der Waals surface area contributed by atoms with Crippen molar-refractivity contribution in [2.45, 2.75) is 6.42 Å². The Morgan fingerprint density at radius 2 is 1.95 bits per heavy atom. The number of hydrogen-bond donors (Lipinski definition) is 1. The number of aromatic nitrogens is 2. The monoisotopic (exact) mass is 262 g/mol. The molecule has 0 amide bonds. The van der Waals surface area contributed by atoms with Gasteiger partial charge in [-0.3, -0.25) is 10.1 Å². The van der Waals surface area contributed by atoms with E-state index in [4.69, 9.17) is 0 Å². The zero-order valence-electron chi connectivity index (χ0n) is 9.91. The molecule has 0 spiro atoms. The third-order valence-corrected chi connectivity index (χ3v) is 2.48. The maximum absolute atomic E-state index is 13.3. The second-order valence-electron chi connectivity index (χ2n) is 3.79. The first kappa shape index (κ1) is 12.9. The summed E-state index contributed by atoms with van der Waals surface area (Å²) in [4.78, 5) is 17.4. The van der Waals surface area contributed by atoms with Crippen molar-refractivity contribution < 1.29 is 9.31 Å². The lowest BCUT2D eigenvalue weighted by molar-refractivity contribution is -0.385. The summed E-state index contributed by atoms with van der Waals surface area (Å²) < 4.78 is 13.3. The Morgan fingerprint density at radius 3 is 2.58 bits per heavy atom. The number of nitrogens with zero attached hydrogens (tertiary/aromatic N) is 3. The van der Waals surface area contributed by atoms with Crippen LogP contribution >= 0.6 is 0 Å². The van der Waals surface area contributed by atoms with E-state index in [1.54, 1.807) is 18.2 Å². The molecule has 0 saturated heterocycles. The van der Waals surface area contributed by atoms with Crippen LogP contribution < -0.4 is 5.32 Å². The summed E-state index contributed by atoms with van der Waals surface area (Å²) in [6, 6.07) is 6.50. The molecule has 1 N–H and O–H groups in total. The summed E-state index contributed by atoms with van der Waals surface area (Å²) in [6.07, 6.45) is 2.73. The largest absolute Gasteiger partial charge is 0.354 e. The van der Waals surface area contributed by atoms with Crippen LogP contribution in [0, 0.1) is 15.9 Å². The molecule has 0 fully saturated rings. The Kier molecular flexibility index (Phi) is 3.97. The highest BCUT2D eigenvalue weighted by atomic mass is 19.1. The molecule has 1 heterocycles. The van der Waals surface area contributed by atoms with Gasteiger partial charge in [0.1, 0.15) is 18.2 Å². The van der Waals surface area contributed by atoms with E-state index >= 15 is 0 Å². The first-order valence-corrected chi connectivity index (χ1v) is 5.60. The summed E-state index contributed by atoms with van der Waals surface area (Å²) in [5, 5.41) is 13.3.